The van der Waals surface area contributed by atoms with Crippen molar-refractivity contribution in [3.05, 3.63) is 41.7 Å². The Hall–Kier alpha value is -1.68. The number of rotatable bonds is 5. The summed E-state index contributed by atoms with van der Waals surface area (Å²) in [6.07, 6.45) is 12.6. The van der Waals surface area contributed by atoms with Crippen molar-refractivity contribution < 1.29 is 9.53 Å². The molecular weight excluding hydrogens is 300 g/mol. The molecule has 2 aliphatic rings. The molecule has 0 aromatic carbocycles. The van der Waals surface area contributed by atoms with Gasteiger partial charge in [0.2, 0.25) is 5.91 Å². The Balaban J connectivity index is 1.38. The summed E-state index contributed by atoms with van der Waals surface area (Å²) >= 11 is 0. The number of aryl methyl sites for hydroxylation is 1. The second kappa shape index (κ2) is 7.93. The average Bonchev–Trinajstić information content (AvgIpc) is 2.60. The zero-order valence-corrected chi connectivity index (χ0v) is 14.7. The van der Waals surface area contributed by atoms with Crippen LogP contribution in [-0.2, 0) is 16.0 Å². The highest BCUT2D eigenvalue weighted by atomic mass is 16.5. The van der Waals surface area contributed by atoms with E-state index in [-0.39, 0.29) is 5.60 Å². The van der Waals surface area contributed by atoms with Crippen LogP contribution in [0.5, 0.6) is 0 Å². The molecule has 3 rings (SSSR count). The molecule has 2 aliphatic heterocycles. The molecule has 1 spiro atoms. The lowest BCUT2D eigenvalue weighted by molar-refractivity contribution is -0.136. The van der Waals surface area contributed by atoms with Crippen LogP contribution in [0.15, 0.2) is 36.2 Å². The second-order valence-electron chi connectivity index (χ2n) is 7.10. The van der Waals surface area contributed by atoms with E-state index in [1.165, 1.54) is 11.1 Å². The molecular formula is C20H28N2O2. The number of pyridine rings is 1. The van der Waals surface area contributed by atoms with Gasteiger partial charge in [-0.2, -0.15) is 0 Å². The van der Waals surface area contributed by atoms with Crippen LogP contribution in [0.2, 0.25) is 0 Å². The Labute approximate surface area is 144 Å². The predicted octanol–water partition coefficient (Wildman–Crippen LogP) is 3.52. The van der Waals surface area contributed by atoms with Crippen LogP contribution in [-0.4, -0.2) is 41.1 Å². The molecule has 0 radical (unpaired) electrons. The fourth-order valence-corrected chi connectivity index (χ4v) is 3.71. The second-order valence-corrected chi connectivity index (χ2v) is 7.10. The van der Waals surface area contributed by atoms with Gasteiger partial charge in [-0.05, 0) is 57.1 Å². The third kappa shape index (κ3) is 4.44. The van der Waals surface area contributed by atoms with Crippen LogP contribution >= 0.6 is 0 Å². The lowest BCUT2D eigenvalue weighted by atomic mass is 9.87. The highest BCUT2D eigenvalue weighted by Crippen LogP contribution is 2.33. The maximum Gasteiger partial charge on any atom is 0.222 e. The van der Waals surface area contributed by atoms with Gasteiger partial charge in [0.15, 0.2) is 0 Å². The van der Waals surface area contributed by atoms with Crippen LogP contribution < -0.4 is 0 Å². The first-order valence-electron chi connectivity index (χ1n) is 9.16. The van der Waals surface area contributed by atoms with Crippen molar-refractivity contribution in [1.29, 1.82) is 0 Å². The number of hydrogen-bond donors (Lipinski definition) is 0. The topological polar surface area (TPSA) is 42.4 Å². The van der Waals surface area contributed by atoms with E-state index >= 15 is 0 Å². The first kappa shape index (κ1) is 17.2. The van der Waals surface area contributed by atoms with E-state index in [4.69, 9.17) is 4.74 Å². The number of hydrogen-bond acceptors (Lipinski definition) is 3. The molecule has 1 fully saturated rings. The smallest absolute Gasteiger partial charge is 0.222 e. The lowest BCUT2D eigenvalue weighted by Gasteiger charge is -2.42. The normalized spacial score (nSPS) is 20.0. The Morgan fingerprint density at radius 1 is 1.33 bits per heavy atom. The summed E-state index contributed by atoms with van der Waals surface area (Å²) < 4.78 is 6.03. The number of likely N-dealkylation sites (tertiary alicyclic amines) is 1. The van der Waals surface area contributed by atoms with Crippen molar-refractivity contribution in [3.63, 3.8) is 0 Å². The van der Waals surface area contributed by atoms with Gasteiger partial charge in [-0.15, -0.1) is 0 Å². The van der Waals surface area contributed by atoms with Crippen LogP contribution in [0.3, 0.4) is 0 Å². The molecule has 0 unspecified atom stereocenters. The molecule has 1 aromatic heterocycles. The van der Waals surface area contributed by atoms with E-state index in [0.29, 0.717) is 12.3 Å². The molecule has 1 saturated heterocycles. The van der Waals surface area contributed by atoms with Gasteiger partial charge in [0, 0.05) is 31.9 Å². The minimum absolute atomic E-state index is 0.0978. The van der Waals surface area contributed by atoms with Crippen molar-refractivity contribution in [3.8, 4) is 0 Å². The first-order chi connectivity index (χ1) is 11.7. The van der Waals surface area contributed by atoms with Gasteiger partial charge in [-0.1, -0.05) is 17.7 Å². The molecule has 0 N–H and O–H groups in total. The monoisotopic (exact) mass is 328 g/mol. The summed E-state index contributed by atoms with van der Waals surface area (Å²) in [5.41, 5.74) is 2.58. The number of carbonyl (C=O) groups is 1. The summed E-state index contributed by atoms with van der Waals surface area (Å²) in [6.45, 7) is 4.66. The number of aromatic nitrogens is 1. The van der Waals surface area contributed by atoms with Crippen LogP contribution in [0.4, 0.5) is 0 Å². The van der Waals surface area contributed by atoms with Gasteiger partial charge in [0.25, 0.3) is 0 Å². The summed E-state index contributed by atoms with van der Waals surface area (Å²) in [5.74, 6) is 0.299. The summed E-state index contributed by atoms with van der Waals surface area (Å²) in [6, 6.07) is 4.06. The van der Waals surface area contributed by atoms with E-state index in [9.17, 15) is 4.79 Å². The minimum atomic E-state index is -0.0978. The number of carbonyl (C=O) groups excluding carboxylic acids is 1. The number of amides is 1. The lowest BCUT2D eigenvalue weighted by Crippen LogP contribution is -2.48. The largest absolute Gasteiger partial charge is 0.370 e. The van der Waals surface area contributed by atoms with Crippen molar-refractivity contribution in [2.45, 2.75) is 57.5 Å². The molecule has 1 aromatic rings. The van der Waals surface area contributed by atoms with Crippen LogP contribution in [0, 0.1) is 0 Å². The van der Waals surface area contributed by atoms with Gasteiger partial charge in [0.05, 0.1) is 12.2 Å². The Bertz CT molecular complexity index is 575. The number of unbranched alkanes of at least 4 members (excludes halogenated alkanes) is 1. The van der Waals surface area contributed by atoms with Gasteiger partial charge in [-0.3, -0.25) is 9.78 Å². The zero-order valence-electron chi connectivity index (χ0n) is 14.7. The quantitative estimate of drug-likeness (QED) is 0.613. The van der Waals surface area contributed by atoms with Crippen molar-refractivity contribution in [2.75, 3.05) is 19.7 Å². The molecule has 3 heterocycles. The number of piperidine rings is 1. The molecule has 130 valence electrons. The van der Waals surface area contributed by atoms with Gasteiger partial charge >= 0.3 is 0 Å². The fraction of sp³-hybridized carbons (Fsp3) is 0.600. The zero-order chi connectivity index (χ0) is 16.8. The molecule has 24 heavy (non-hydrogen) atoms. The SMILES string of the molecule is CC1=CC2(CCN(C(=O)CCCCc3cccnc3)CC2)OCC1. The van der Waals surface area contributed by atoms with Crippen molar-refractivity contribution in [1.82, 2.24) is 9.88 Å². The molecule has 0 saturated carbocycles. The van der Waals surface area contributed by atoms with Gasteiger partial charge in [0.1, 0.15) is 0 Å². The highest BCUT2D eigenvalue weighted by molar-refractivity contribution is 5.76. The van der Waals surface area contributed by atoms with Crippen LogP contribution in [0.25, 0.3) is 0 Å². The van der Waals surface area contributed by atoms with E-state index in [2.05, 4.69) is 24.1 Å². The standard InChI is InChI=1S/C20H28N2O2/c1-17-8-14-24-20(15-17)9-12-22(13-10-20)19(23)7-3-2-5-18-6-4-11-21-16-18/h4,6,11,15-16H,2-3,5,7-10,12-14H2,1H3. The molecule has 0 bridgehead atoms. The first-order valence-corrected chi connectivity index (χ1v) is 9.16. The maximum absolute atomic E-state index is 12.4. The van der Waals surface area contributed by atoms with Crippen molar-refractivity contribution >= 4 is 5.91 Å². The molecule has 0 aliphatic carbocycles. The van der Waals surface area contributed by atoms with E-state index in [0.717, 1.165) is 58.2 Å². The summed E-state index contributed by atoms with van der Waals surface area (Å²) in [4.78, 5) is 18.6. The third-order valence-corrected chi connectivity index (χ3v) is 5.19. The number of ether oxygens (including phenoxy) is 1. The molecule has 1 amide bonds. The van der Waals surface area contributed by atoms with E-state index in [1.54, 1.807) is 6.20 Å². The van der Waals surface area contributed by atoms with E-state index < -0.39 is 0 Å². The van der Waals surface area contributed by atoms with Crippen LogP contribution in [0.1, 0.15) is 51.0 Å². The van der Waals surface area contributed by atoms with Gasteiger partial charge in [-0.25, -0.2) is 0 Å². The average molecular weight is 328 g/mol. The minimum Gasteiger partial charge on any atom is -0.370 e. The molecule has 4 nitrogen and oxygen atoms in total. The fourth-order valence-electron chi connectivity index (χ4n) is 3.71. The Morgan fingerprint density at radius 3 is 2.88 bits per heavy atom. The Morgan fingerprint density at radius 2 is 2.17 bits per heavy atom. The maximum atomic E-state index is 12.4. The molecule has 4 heteroatoms. The van der Waals surface area contributed by atoms with E-state index in [1.807, 2.05) is 17.2 Å². The number of nitrogens with zero attached hydrogens (tertiary/aromatic N) is 2. The third-order valence-electron chi connectivity index (χ3n) is 5.19. The van der Waals surface area contributed by atoms with Gasteiger partial charge < -0.3 is 9.64 Å². The summed E-state index contributed by atoms with van der Waals surface area (Å²) in [7, 11) is 0. The summed E-state index contributed by atoms with van der Waals surface area (Å²) in [5, 5.41) is 0. The molecule has 0 atom stereocenters. The van der Waals surface area contributed by atoms with Crippen molar-refractivity contribution in [2.24, 2.45) is 0 Å². The predicted molar refractivity (Wildman–Crippen MR) is 94.7 cm³/mol. The Kier molecular flexibility index (Phi) is 5.67. The highest BCUT2D eigenvalue weighted by Gasteiger charge is 2.36.